The summed E-state index contributed by atoms with van der Waals surface area (Å²) in [4.78, 5) is 8.86. The van der Waals surface area contributed by atoms with E-state index in [2.05, 4.69) is 29.0 Å². The molecule has 0 bridgehead atoms. The lowest BCUT2D eigenvalue weighted by atomic mass is 9.84. The first-order valence-electron chi connectivity index (χ1n) is 5.24. The van der Waals surface area contributed by atoms with Gasteiger partial charge in [0.15, 0.2) is 0 Å². The number of hydrogen-bond donors (Lipinski definition) is 0. The summed E-state index contributed by atoms with van der Waals surface area (Å²) in [7, 11) is 0. The third-order valence-electron chi connectivity index (χ3n) is 3.12. The number of pyridine rings is 2. The third-order valence-corrected chi connectivity index (χ3v) is 3.12. The molecule has 2 aromatic heterocycles. The maximum atomic E-state index is 4.43. The van der Waals surface area contributed by atoms with Gasteiger partial charge in [0.25, 0.3) is 0 Å². The van der Waals surface area contributed by atoms with Gasteiger partial charge in [-0.15, -0.1) is 0 Å². The normalized spacial score (nSPS) is 14.5. The molecule has 1 aliphatic rings. The van der Waals surface area contributed by atoms with Crippen LogP contribution in [0.4, 0.5) is 0 Å². The van der Waals surface area contributed by atoms with E-state index in [1.807, 2.05) is 24.5 Å². The van der Waals surface area contributed by atoms with Crippen LogP contribution in [0.25, 0.3) is 0 Å². The maximum absolute atomic E-state index is 4.43. The van der Waals surface area contributed by atoms with Crippen molar-refractivity contribution in [3.8, 4) is 0 Å². The van der Waals surface area contributed by atoms with E-state index in [9.17, 15) is 0 Å². The van der Waals surface area contributed by atoms with Gasteiger partial charge in [0.2, 0.25) is 0 Å². The van der Waals surface area contributed by atoms with E-state index in [0.29, 0.717) is 5.92 Å². The van der Waals surface area contributed by atoms with Crippen LogP contribution in [-0.4, -0.2) is 9.97 Å². The van der Waals surface area contributed by atoms with Crippen LogP contribution in [0.15, 0.2) is 36.7 Å². The van der Waals surface area contributed by atoms with Gasteiger partial charge >= 0.3 is 0 Å². The van der Waals surface area contributed by atoms with Gasteiger partial charge in [-0.25, -0.2) is 0 Å². The molecule has 0 saturated carbocycles. The lowest BCUT2D eigenvalue weighted by Crippen LogP contribution is -2.13. The fourth-order valence-electron chi connectivity index (χ4n) is 2.31. The van der Waals surface area contributed by atoms with Crippen molar-refractivity contribution in [2.45, 2.75) is 19.3 Å². The largest absolute Gasteiger partial charge is 0.261 e. The zero-order valence-electron chi connectivity index (χ0n) is 8.64. The van der Waals surface area contributed by atoms with Gasteiger partial charge in [-0.2, -0.15) is 0 Å². The molecule has 0 aromatic carbocycles. The topological polar surface area (TPSA) is 25.8 Å². The highest BCUT2D eigenvalue weighted by Gasteiger charge is 2.22. The molecule has 0 atom stereocenters. The average Bonchev–Trinajstić information content (AvgIpc) is 2.30. The van der Waals surface area contributed by atoms with Gasteiger partial charge in [-0.05, 0) is 23.3 Å². The Labute approximate surface area is 89.0 Å². The highest BCUT2D eigenvalue weighted by Crippen LogP contribution is 2.33. The standard InChI is InChI=1S/C13H12N2/c1-9-10-4-2-6-14-12(10)8-13-11(9)5-3-7-15-13/h2-7,9H,8H2,1H3. The molecule has 2 nitrogen and oxygen atoms in total. The third kappa shape index (κ3) is 1.25. The van der Waals surface area contributed by atoms with E-state index < -0.39 is 0 Å². The predicted molar refractivity (Wildman–Crippen MR) is 58.8 cm³/mol. The minimum absolute atomic E-state index is 0.422. The highest BCUT2D eigenvalue weighted by molar-refractivity contribution is 5.43. The van der Waals surface area contributed by atoms with Gasteiger partial charge < -0.3 is 0 Å². The molecule has 0 aliphatic heterocycles. The first-order chi connectivity index (χ1) is 7.36. The van der Waals surface area contributed by atoms with Gasteiger partial charge in [-0.3, -0.25) is 9.97 Å². The lowest BCUT2D eigenvalue weighted by molar-refractivity contribution is 0.796. The molecule has 0 unspecified atom stereocenters. The summed E-state index contributed by atoms with van der Waals surface area (Å²) in [5, 5.41) is 0. The van der Waals surface area contributed by atoms with E-state index >= 15 is 0 Å². The van der Waals surface area contributed by atoms with E-state index in [1.54, 1.807) is 0 Å². The number of hydrogen-bond acceptors (Lipinski definition) is 2. The summed E-state index contributed by atoms with van der Waals surface area (Å²) in [6.07, 6.45) is 4.59. The van der Waals surface area contributed by atoms with E-state index in [1.165, 1.54) is 22.5 Å². The average molecular weight is 196 g/mol. The van der Waals surface area contributed by atoms with Crippen LogP contribution in [0.3, 0.4) is 0 Å². The van der Waals surface area contributed by atoms with Crippen LogP contribution in [-0.2, 0) is 6.42 Å². The predicted octanol–water partition coefficient (Wildman–Crippen LogP) is 2.53. The second-order valence-electron chi connectivity index (χ2n) is 3.98. The lowest BCUT2D eigenvalue weighted by Gasteiger charge is -2.23. The van der Waals surface area contributed by atoms with E-state index in [-0.39, 0.29) is 0 Å². The molecular formula is C13H12N2. The van der Waals surface area contributed by atoms with Crippen molar-refractivity contribution in [3.05, 3.63) is 59.2 Å². The first kappa shape index (κ1) is 8.60. The van der Waals surface area contributed by atoms with Gasteiger partial charge in [0.05, 0.1) is 11.4 Å². The number of fused-ring (bicyclic) bond motifs is 2. The Kier molecular flexibility index (Phi) is 1.81. The van der Waals surface area contributed by atoms with Crippen LogP contribution in [0, 0.1) is 0 Å². The summed E-state index contributed by atoms with van der Waals surface area (Å²) >= 11 is 0. The van der Waals surface area contributed by atoms with Crippen LogP contribution < -0.4 is 0 Å². The van der Waals surface area contributed by atoms with Gasteiger partial charge in [0.1, 0.15) is 0 Å². The van der Waals surface area contributed by atoms with Crippen LogP contribution in [0.5, 0.6) is 0 Å². The van der Waals surface area contributed by atoms with Gasteiger partial charge in [0, 0.05) is 24.7 Å². The highest BCUT2D eigenvalue weighted by atomic mass is 14.7. The fraction of sp³-hybridized carbons (Fsp3) is 0.231. The Morgan fingerprint density at radius 2 is 1.53 bits per heavy atom. The van der Waals surface area contributed by atoms with Crippen molar-refractivity contribution in [1.29, 1.82) is 0 Å². The number of aromatic nitrogens is 2. The Balaban J connectivity index is 2.20. The zero-order valence-corrected chi connectivity index (χ0v) is 8.64. The molecule has 0 spiro atoms. The van der Waals surface area contributed by atoms with Crippen molar-refractivity contribution in [1.82, 2.24) is 9.97 Å². The molecule has 0 radical (unpaired) electrons. The molecule has 0 amide bonds. The second kappa shape index (κ2) is 3.16. The van der Waals surface area contributed by atoms with Crippen LogP contribution in [0.2, 0.25) is 0 Å². The van der Waals surface area contributed by atoms with Crippen molar-refractivity contribution < 1.29 is 0 Å². The molecule has 3 rings (SSSR count). The van der Waals surface area contributed by atoms with E-state index in [0.717, 1.165) is 6.42 Å². The minimum atomic E-state index is 0.422. The molecule has 0 N–H and O–H groups in total. The fourth-order valence-corrected chi connectivity index (χ4v) is 2.31. The smallest absolute Gasteiger partial charge is 0.0501 e. The van der Waals surface area contributed by atoms with Crippen LogP contribution in [0.1, 0.15) is 35.4 Å². The molecule has 1 aliphatic carbocycles. The van der Waals surface area contributed by atoms with Gasteiger partial charge in [-0.1, -0.05) is 19.1 Å². The molecule has 2 heterocycles. The molecule has 2 aromatic rings. The second-order valence-corrected chi connectivity index (χ2v) is 3.98. The molecule has 0 fully saturated rings. The van der Waals surface area contributed by atoms with Crippen molar-refractivity contribution >= 4 is 0 Å². The van der Waals surface area contributed by atoms with Crippen molar-refractivity contribution in [2.75, 3.05) is 0 Å². The molecule has 0 saturated heterocycles. The Morgan fingerprint density at radius 1 is 1.00 bits per heavy atom. The number of nitrogens with zero attached hydrogens (tertiary/aromatic N) is 2. The maximum Gasteiger partial charge on any atom is 0.0501 e. The molecule has 74 valence electrons. The van der Waals surface area contributed by atoms with E-state index in [4.69, 9.17) is 0 Å². The first-order valence-corrected chi connectivity index (χ1v) is 5.24. The minimum Gasteiger partial charge on any atom is -0.261 e. The van der Waals surface area contributed by atoms with Crippen molar-refractivity contribution in [2.24, 2.45) is 0 Å². The SMILES string of the molecule is CC1c2cccnc2Cc2ncccc21. The summed E-state index contributed by atoms with van der Waals surface area (Å²) in [6, 6.07) is 8.36. The zero-order chi connectivity index (χ0) is 10.3. The molecule has 2 heteroatoms. The monoisotopic (exact) mass is 196 g/mol. The number of rotatable bonds is 0. The quantitative estimate of drug-likeness (QED) is 0.647. The Morgan fingerprint density at radius 3 is 2.07 bits per heavy atom. The summed E-state index contributed by atoms with van der Waals surface area (Å²) < 4.78 is 0. The molecular weight excluding hydrogens is 184 g/mol. The summed E-state index contributed by atoms with van der Waals surface area (Å²) in [5.41, 5.74) is 5.04. The van der Waals surface area contributed by atoms with Crippen molar-refractivity contribution in [3.63, 3.8) is 0 Å². The summed E-state index contributed by atoms with van der Waals surface area (Å²) in [6.45, 7) is 2.22. The Hall–Kier alpha value is -1.70. The molecule has 15 heavy (non-hydrogen) atoms. The summed E-state index contributed by atoms with van der Waals surface area (Å²) in [5.74, 6) is 0.422. The van der Waals surface area contributed by atoms with Crippen LogP contribution >= 0.6 is 0 Å². The Bertz CT molecular complexity index is 460.